The normalized spacial score (nSPS) is 19.0. The molecule has 0 radical (unpaired) electrons. The van der Waals surface area contributed by atoms with Crippen LogP contribution in [0.25, 0.3) is 0 Å². The Balaban J connectivity index is 1.93. The van der Waals surface area contributed by atoms with Gasteiger partial charge in [-0.3, -0.25) is 4.79 Å². The monoisotopic (exact) mass is 248 g/mol. The Hall–Kier alpha value is -1.55. The van der Waals surface area contributed by atoms with Gasteiger partial charge in [0.2, 0.25) is 0 Å². The number of hydrogen-bond acceptors (Lipinski definition) is 3. The minimum absolute atomic E-state index is 0.0619. The molecule has 0 bridgehead atoms. The molecule has 98 valence electrons. The summed E-state index contributed by atoms with van der Waals surface area (Å²) in [7, 11) is 0. The number of ether oxygens (including phenoxy) is 1. The van der Waals surface area contributed by atoms with Gasteiger partial charge in [0.1, 0.15) is 5.75 Å². The van der Waals surface area contributed by atoms with Gasteiger partial charge in [-0.25, -0.2) is 0 Å². The van der Waals surface area contributed by atoms with Crippen molar-refractivity contribution in [3.8, 4) is 5.75 Å². The second-order valence-electron chi connectivity index (χ2n) is 4.68. The molecule has 0 spiro atoms. The molecular weight excluding hydrogens is 228 g/mol. The van der Waals surface area contributed by atoms with Crippen molar-refractivity contribution >= 4 is 5.91 Å². The molecule has 4 heteroatoms. The predicted octanol–water partition coefficient (Wildman–Crippen LogP) is 1.53. The highest BCUT2D eigenvalue weighted by Gasteiger charge is 2.25. The van der Waals surface area contributed by atoms with Crippen molar-refractivity contribution < 1.29 is 9.53 Å². The fourth-order valence-electron chi connectivity index (χ4n) is 2.34. The maximum absolute atomic E-state index is 12.0. The van der Waals surface area contributed by atoms with Gasteiger partial charge >= 0.3 is 0 Å². The van der Waals surface area contributed by atoms with E-state index in [1.807, 2.05) is 29.2 Å². The Labute approximate surface area is 108 Å². The van der Waals surface area contributed by atoms with Crippen molar-refractivity contribution in [3.05, 3.63) is 29.8 Å². The molecule has 1 aromatic rings. The number of nitrogens with two attached hydrogens (primary N) is 1. The number of benzene rings is 1. The van der Waals surface area contributed by atoms with Crippen LogP contribution in [0.1, 0.15) is 25.3 Å². The fourth-order valence-corrected chi connectivity index (χ4v) is 2.34. The van der Waals surface area contributed by atoms with E-state index in [4.69, 9.17) is 10.5 Å². The number of likely N-dealkylation sites (tertiary alicyclic amines) is 1. The van der Waals surface area contributed by atoms with Crippen LogP contribution >= 0.6 is 0 Å². The lowest BCUT2D eigenvalue weighted by atomic mass is 10.2. The molecule has 1 unspecified atom stereocenters. The summed E-state index contributed by atoms with van der Waals surface area (Å²) in [6, 6.07) is 7.91. The van der Waals surface area contributed by atoms with Crippen molar-refractivity contribution in [2.75, 3.05) is 13.2 Å². The van der Waals surface area contributed by atoms with Crippen LogP contribution in [-0.2, 0) is 11.3 Å². The molecule has 2 rings (SSSR count). The molecule has 0 aliphatic carbocycles. The minimum Gasteiger partial charge on any atom is -0.483 e. The first-order valence-corrected chi connectivity index (χ1v) is 6.42. The third-order valence-corrected chi connectivity index (χ3v) is 3.42. The van der Waals surface area contributed by atoms with Crippen molar-refractivity contribution in [3.63, 3.8) is 0 Å². The van der Waals surface area contributed by atoms with Crippen molar-refractivity contribution in [1.82, 2.24) is 4.90 Å². The molecular formula is C14H20N2O2. The molecule has 1 amide bonds. The second-order valence-corrected chi connectivity index (χ2v) is 4.68. The summed E-state index contributed by atoms with van der Waals surface area (Å²) in [6.45, 7) is 3.45. The van der Waals surface area contributed by atoms with E-state index in [0.29, 0.717) is 18.3 Å². The maximum atomic E-state index is 12.0. The van der Waals surface area contributed by atoms with Crippen LogP contribution in [0.3, 0.4) is 0 Å². The summed E-state index contributed by atoms with van der Waals surface area (Å²) >= 11 is 0. The Bertz CT molecular complexity index is 420. The topological polar surface area (TPSA) is 55.6 Å². The van der Waals surface area contributed by atoms with Crippen molar-refractivity contribution in [1.29, 1.82) is 0 Å². The molecule has 0 saturated carbocycles. The molecule has 1 saturated heterocycles. The van der Waals surface area contributed by atoms with Crippen molar-refractivity contribution in [2.45, 2.75) is 32.4 Å². The summed E-state index contributed by atoms with van der Waals surface area (Å²) in [5.74, 6) is 0.770. The van der Waals surface area contributed by atoms with Crippen LogP contribution in [0.2, 0.25) is 0 Å². The zero-order valence-electron chi connectivity index (χ0n) is 10.8. The van der Waals surface area contributed by atoms with Gasteiger partial charge in [0.25, 0.3) is 5.91 Å². The molecule has 1 aromatic carbocycles. The van der Waals surface area contributed by atoms with Crippen LogP contribution in [-0.4, -0.2) is 30.0 Å². The van der Waals surface area contributed by atoms with Crippen LogP contribution in [0.4, 0.5) is 0 Å². The lowest BCUT2D eigenvalue weighted by molar-refractivity contribution is -0.133. The van der Waals surface area contributed by atoms with Gasteiger partial charge in [0.15, 0.2) is 6.61 Å². The lowest BCUT2D eigenvalue weighted by Gasteiger charge is -2.21. The second kappa shape index (κ2) is 5.87. The van der Waals surface area contributed by atoms with E-state index in [2.05, 4.69) is 6.92 Å². The van der Waals surface area contributed by atoms with E-state index < -0.39 is 0 Å². The van der Waals surface area contributed by atoms with E-state index in [0.717, 1.165) is 24.9 Å². The van der Waals surface area contributed by atoms with Crippen LogP contribution in [0.15, 0.2) is 24.3 Å². The Morgan fingerprint density at radius 3 is 2.94 bits per heavy atom. The lowest BCUT2D eigenvalue weighted by Crippen LogP contribution is -2.37. The largest absolute Gasteiger partial charge is 0.483 e. The van der Waals surface area contributed by atoms with E-state index in [1.54, 1.807) is 0 Å². The Kier molecular flexibility index (Phi) is 4.20. The predicted molar refractivity (Wildman–Crippen MR) is 70.2 cm³/mol. The summed E-state index contributed by atoms with van der Waals surface area (Å²) in [6.07, 6.45) is 2.18. The number of amides is 1. The number of hydrogen-bond donors (Lipinski definition) is 1. The average molecular weight is 248 g/mol. The molecule has 1 atom stereocenters. The third kappa shape index (κ3) is 2.82. The zero-order chi connectivity index (χ0) is 13.0. The van der Waals surface area contributed by atoms with Crippen LogP contribution in [0.5, 0.6) is 5.75 Å². The van der Waals surface area contributed by atoms with E-state index >= 15 is 0 Å². The third-order valence-electron chi connectivity index (χ3n) is 3.42. The van der Waals surface area contributed by atoms with E-state index in [1.165, 1.54) is 0 Å². The van der Waals surface area contributed by atoms with Gasteiger partial charge in [-0.2, -0.15) is 0 Å². The Morgan fingerprint density at radius 1 is 1.50 bits per heavy atom. The highest BCUT2D eigenvalue weighted by atomic mass is 16.5. The molecule has 4 nitrogen and oxygen atoms in total. The van der Waals surface area contributed by atoms with E-state index in [-0.39, 0.29) is 12.5 Å². The summed E-state index contributed by atoms with van der Waals surface area (Å²) < 4.78 is 5.58. The first-order chi connectivity index (χ1) is 8.72. The zero-order valence-corrected chi connectivity index (χ0v) is 10.8. The smallest absolute Gasteiger partial charge is 0.260 e. The molecule has 0 aromatic heterocycles. The molecule has 1 aliphatic rings. The summed E-state index contributed by atoms with van der Waals surface area (Å²) in [4.78, 5) is 13.9. The SMILES string of the molecule is CC1CCCN1C(=O)COc1ccccc1CN. The van der Waals surface area contributed by atoms with Crippen molar-refractivity contribution in [2.24, 2.45) is 5.73 Å². The van der Waals surface area contributed by atoms with Gasteiger partial charge < -0.3 is 15.4 Å². The number of carbonyl (C=O) groups excluding carboxylic acids is 1. The highest BCUT2D eigenvalue weighted by molar-refractivity contribution is 5.78. The van der Waals surface area contributed by atoms with Crippen LogP contribution in [0, 0.1) is 0 Å². The average Bonchev–Trinajstić information content (AvgIpc) is 2.82. The molecule has 1 fully saturated rings. The fraction of sp³-hybridized carbons (Fsp3) is 0.500. The molecule has 1 heterocycles. The number of carbonyl (C=O) groups is 1. The van der Waals surface area contributed by atoms with Gasteiger partial charge in [-0.05, 0) is 25.8 Å². The van der Waals surface area contributed by atoms with Gasteiger partial charge in [-0.1, -0.05) is 18.2 Å². The number of rotatable bonds is 4. The molecule has 1 aliphatic heterocycles. The first-order valence-electron chi connectivity index (χ1n) is 6.42. The standard InChI is InChI=1S/C14H20N2O2/c1-11-5-4-8-16(11)14(17)10-18-13-7-3-2-6-12(13)9-15/h2-3,6-7,11H,4-5,8-10,15H2,1H3. The van der Waals surface area contributed by atoms with Crippen LogP contribution < -0.4 is 10.5 Å². The first kappa shape index (κ1) is 12.9. The van der Waals surface area contributed by atoms with Gasteiger partial charge in [0.05, 0.1) is 0 Å². The molecule has 18 heavy (non-hydrogen) atoms. The molecule has 2 N–H and O–H groups in total. The maximum Gasteiger partial charge on any atom is 0.260 e. The quantitative estimate of drug-likeness (QED) is 0.879. The summed E-state index contributed by atoms with van der Waals surface area (Å²) in [5.41, 5.74) is 6.56. The van der Waals surface area contributed by atoms with Gasteiger partial charge in [0, 0.05) is 24.7 Å². The number of para-hydroxylation sites is 1. The number of nitrogens with zero attached hydrogens (tertiary/aromatic N) is 1. The highest BCUT2D eigenvalue weighted by Crippen LogP contribution is 2.19. The van der Waals surface area contributed by atoms with E-state index in [9.17, 15) is 4.79 Å². The minimum atomic E-state index is 0.0619. The summed E-state index contributed by atoms with van der Waals surface area (Å²) in [5, 5.41) is 0. The van der Waals surface area contributed by atoms with Gasteiger partial charge in [-0.15, -0.1) is 0 Å². The Morgan fingerprint density at radius 2 is 2.28 bits per heavy atom.